The van der Waals surface area contributed by atoms with E-state index < -0.39 is 21.7 Å². The molecular formula is C12H21NO5S. The summed E-state index contributed by atoms with van der Waals surface area (Å²) >= 11 is 0. The molecule has 1 amide bonds. The van der Waals surface area contributed by atoms with Crippen molar-refractivity contribution in [3.8, 4) is 0 Å². The number of hydrogen-bond donors (Lipinski definition) is 2. The Labute approximate surface area is 113 Å². The molecule has 2 unspecified atom stereocenters. The fraction of sp³-hybridized carbons (Fsp3) is 0.833. The predicted molar refractivity (Wildman–Crippen MR) is 70.5 cm³/mol. The molecule has 6 nitrogen and oxygen atoms in total. The fourth-order valence-electron chi connectivity index (χ4n) is 2.33. The van der Waals surface area contributed by atoms with E-state index in [1.54, 1.807) is 0 Å². The van der Waals surface area contributed by atoms with Gasteiger partial charge in [-0.1, -0.05) is 19.3 Å². The maximum atomic E-state index is 11.7. The molecule has 2 N–H and O–H groups in total. The molecule has 0 aromatic carbocycles. The minimum Gasteiger partial charge on any atom is -0.481 e. The summed E-state index contributed by atoms with van der Waals surface area (Å²) in [5.74, 6) is -2.05. The van der Waals surface area contributed by atoms with Gasteiger partial charge < -0.3 is 10.4 Å². The normalized spacial score (nSPS) is 24.5. The fourth-order valence-corrected chi connectivity index (χ4v) is 2.89. The average Bonchev–Trinajstić information content (AvgIpc) is 2.51. The van der Waals surface area contributed by atoms with Gasteiger partial charge in [-0.25, -0.2) is 8.42 Å². The van der Waals surface area contributed by atoms with Crippen molar-refractivity contribution in [3.05, 3.63) is 0 Å². The number of sulfone groups is 1. The summed E-state index contributed by atoms with van der Waals surface area (Å²) < 4.78 is 22.0. The van der Waals surface area contributed by atoms with Crippen LogP contribution >= 0.6 is 0 Å². The Morgan fingerprint density at radius 2 is 1.84 bits per heavy atom. The Morgan fingerprint density at radius 3 is 2.42 bits per heavy atom. The van der Waals surface area contributed by atoms with E-state index >= 15 is 0 Å². The highest BCUT2D eigenvalue weighted by Gasteiger charge is 2.30. The Bertz CT molecular complexity index is 431. The predicted octanol–water partition coefficient (Wildman–Crippen LogP) is 0.571. The molecule has 1 rings (SSSR count). The minimum atomic E-state index is -3.17. The van der Waals surface area contributed by atoms with Gasteiger partial charge in [-0.15, -0.1) is 0 Å². The third-order valence-electron chi connectivity index (χ3n) is 3.38. The molecule has 0 saturated heterocycles. The molecule has 0 aromatic rings. The minimum absolute atomic E-state index is 0.109. The van der Waals surface area contributed by atoms with E-state index in [4.69, 9.17) is 5.11 Å². The number of rotatable bonds is 5. The maximum Gasteiger partial charge on any atom is 0.308 e. The highest BCUT2D eigenvalue weighted by atomic mass is 32.2. The van der Waals surface area contributed by atoms with Crippen LogP contribution in [-0.2, 0) is 19.4 Å². The second kappa shape index (κ2) is 6.88. The monoisotopic (exact) mass is 291 g/mol. The highest BCUT2D eigenvalue weighted by molar-refractivity contribution is 7.90. The summed E-state index contributed by atoms with van der Waals surface area (Å²) in [5.41, 5.74) is 0. The molecule has 0 heterocycles. The van der Waals surface area contributed by atoms with Crippen molar-refractivity contribution in [2.45, 2.75) is 44.6 Å². The molecule has 2 atom stereocenters. The number of amides is 1. The van der Waals surface area contributed by atoms with Crippen molar-refractivity contribution in [1.29, 1.82) is 0 Å². The van der Waals surface area contributed by atoms with Crippen LogP contribution in [0.3, 0.4) is 0 Å². The molecule has 19 heavy (non-hydrogen) atoms. The van der Waals surface area contributed by atoms with E-state index in [2.05, 4.69) is 5.32 Å². The summed E-state index contributed by atoms with van der Waals surface area (Å²) in [7, 11) is -3.17. The zero-order valence-electron chi connectivity index (χ0n) is 11.1. The average molecular weight is 291 g/mol. The van der Waals surface area contributed by atoms with Crippen LogP contribution in [0.1, 0.15) is 38.5 Å². The van der Waals surface area contributed by atoms with Crippen LogP contribution in [0.2, 0.25) is 0 Å². The maximum absolute atomic E-state index is 11.7. The van der Waals surface area contributed by atoms with E-state index in [9.17, 15) is 18.0 Å². The zero-order chi connectivity index (χ0) is 14.5. The first-order valence-electron chi connectivity index (χ1n) is 6.49. The van der Waals surface area contributed by atoms with Gasteiger partial charge >= 0.3 is 5.97 Å². The Kier molecular flexibility index (Phi) is 5.78. The number of nitrogens with one attached hydrogen (secondary N) is 1. The van der Waals surface area contributed by atoms with Gasteiger partial charge in [-0.05, 0) is 12.8 Å². The lowest BCUT2D eigenvalue weighted by Gasteiger charge is -2.22. The van der Waals surface area contributed by atoms with Gasteiger partial charge in [0.2, 0.25) is 5.91 Å². The molecule has 7 heteroatoms. The van der Waals surface area contributed by atoms with Gasteiger partial charge in [-0.3, -0.25) is 9.59 Å². The van der Waals surface area contributed by atoms with E-state index in [0.29, 0.717) is 12.8 Å². The third kappa shape index (κ3) is 6.04. The first kappa shape index (κ1) is 15.9. The zero-order valence-corrected chi connectivity index (χ0v) is 11.9. The quantitative estimate of drug-likeness (QED) is 0.721. The van der Waals surface area contributed by atoms with Crippen molar-refractivity contribution in [1.82, 2.24) is 5.32 Å². The van der Waals surface area contributed by atoms with Crippen molar-refractivity contribution < 1.29 is 23.1 Å². The van der Waals surface area contributed by atoms with Gasteiger partial charge in [0.25, 0.3) is 0 Å². The van der Waals surface area contributed by atoms with E-state index in [0.717, 1.165) is 25.5 Å². The summed E-state index contributed by atoms with van der Waals surface area (Å²) in [6.45, 7) is 0. The molecule has 1 saturated carbocycles. The van der Waals surface area contributed by atoms with E-state index in [1.807, 2.05) is 0 Å². The number of hydrogen-bond acceptors (Lipinski definition) is 4. The summed E-state index contributed by atoms with van der Waals surface area (Å²) in [6, 6.07) is -0.382. The molecule has 0 radical (unpaired) electrons. The molecule has 1 fully saturated rings. The van der Waals surface area contributed by atoms with Gasteiger partial charge in [0, 0.05) is 18.7 Å². The first-order chi connectivity index (χ1) is 8.79. The van der Waals surface area contributed by atoms with Gasteiger partial charge in [0.1, 0.15) is 9.84 Å². The Balaban J connectivity index is 2.56. The van der Waals surface area contributed by atoms with Crippen molar-refractivity contribution >= 4 is 21.7 Å². The molecule has 1 aliphatic carbocycles. The van der Waals surface area contributed by atoms with Gasteiger partial charge in [-0.2, -0.15) is 0 Å². The number of carbonyl (C=O) groups excluding carboxylic acids is 1. The molecule has 0 aromatic heterocycles. The van der Waals surface area contributed by atoms with Gasteiger partial charge in [0.05, 0.1) is 11.7 Å². The van der Waals surface area contributed by atoms with Crippen molar-refractivity contribution in [2.75, 3.05) is 12.0 Å². The first-order valence-corrected chi connectivity index (χ1v) is 8.55. The van der Waals surface area contributed by atoms with Crippen LogP contribution in [0, 0.1) is 5.92 Å². The van der Waals surface area contributed by atoms with E-state index in [-0.39, 0.29) is 24.1 Å². The summed E-state index contributed by atoms with van der Waals surface area (Å²) in [6.07, 6.45) is 4.88. The molecule has 1 aliphatic rings. The van der Waals surface area contributed by atoms with E-state index in [1.165, 1.54) is 0 Å². The second-order valence-corrected chi connectivity index (χ2v) is 7.40. The summed E-state index contributed by atoms with van der Waals surface area (Å²) in [5, 5.41) is 11.8. The Hall–Kier alpha value is -1.11. The van der Waals surface area contributed by atoms with Crippen LogP contribution in [0.5, 0.6) is 0 Å². The van der Waals surface area contributed by atoms with Crippen LogP contribution in [0.15, 0.2) is 0 Å². The largest absolute Gasteiger partial charge is 0.481 e. The lowest BCUT2D eigenvalue weighted by molar-refractivity contribution is -0.143. The summed E-state index contributed by atoms with van der Waals surface area (Å²) in [4.78, 5) is 22.8. The molecular weight excluding hydrogens is 270 g/mol. The number of carboxylic acid groups (broad SMARTS) is 1. The third-order valence-corrected chi connectivity index (χ3v) is 4.33. The van der Waals surface area contributed by atoms with Gasteiger partial charge in [0.15, 0.2) is 0 Å². The molecule has 0 spiro atoms. The standard InChI is InChI=1S/C12H21NO5S/c1-19(17,18)8-7-11(14)13-10-6-4-2-3-5-9(10)12(15)16/h9-10H,2-8H2,1H3,(H,13,14)(H,15,16). The van der Waals surface area contributed by atoms with Crippen LogP contribution < -0.4 is 5.32 Å². The highest BCUT2D eigenvalue weighted by Crippen LogP contribution is 2.23. The number of carbonyl (C=O) groups is 2. The second-order valence-electron chi connectivity index (χ2n) is 5.14. The number of aliphatic carboxylic acids is 1. The van der Waals surface area contributed by atoms with Crippen LogP contribution in [-0.4, -0.2) is 43.5 Å². The molecule has 0 aliphatic heterocycles. The smallest absolute Gasteiger partial charge is 0.308 e. The SMILES string of the molecule is CS(=O)(=O)CCC(=O)NC1CCCCCC1C(=O)O. The lowest BCUT2D eigenvalue weighted by atomic mass is 9.95. The number of carboxylic acids is 1. The Morgan fingerprint density at radius 1 is 1.21 bits per heavy atom. The van der Waals surface area contributed by atoms with Crippen molar-refractivity contribution in [3.63, 3.8) is 0 Å². The molecule has 0 bridgehead atoms. The van der Waals surface area contributed by atoms with Crippen LogP contribution in [0.4, 0.5) is 0 Å². The lowest BCUT2D eigenvalue weighted by Crippen LogP contribution is -2.43. The van der Waals surface area contributed by atoms with Crippen molar-refractivity contribution in [2.24, 2.45) is 5.92 Å². The topological polar surface area (TPSA) is 101 Å². The molecule has 110 valence electrons. The van der Waals surface area contributed by atoms with Crippen LogP contribution in [0.25, 0.3) is 0 Å².